The number of halogens is 2. The van der Waals surface area contributed by atoms with E-state index >= 15 is 0 Å². The highest BCUT2D eigenvalue weighted by molar-refractivity contribution is 6.35. The van der Waals surface area contributed by atoms with E-state index < -0.39 is 5.60 Å². The second-order valence-corrected chi connectivity index (χ2v) is 10.0. The van der Waals surface area contributed by atoms with Crippen LogP contribution in [0, 0.1) is 6.92 Å². The summed E-state index contributed by atoms with van der Waals surface area (Å²) in [6.45, 7) is 7.62. The Balaban J connectivity index is 1.72. The molecule has 33 heavy (non-hydrogen) atoms. The van der Waals surface area contributed by atoms with Gasteiger partial charge in [-0.1, -0.05) is 35.7 Å². The Kier molecular flexibility index (Phi) is 5.63. The van der Waals surface area contributed by atoms with Gasteiger partial charge in [-0.25, -0.2) is 9.69 Å². The standard InChI is InChI=1S/C25H26Cl2N4O2/c1-15-7-9-17-20(13-15)33-25(2,3)21-22(24(32)29-30-11-5-4-6-12-30)28-31(23(17)21)19-10-8-16(26)14-18(19)27/h7-10,13-14H,4-6,11-12H2,1-3H3,(H,29,32). The molecule has 0 bridgehead atoms. The highest BCUT2D eigenvalue weighted by Crippen LogP contribution is 2.48. The van der Waals surface area contributed by atoms with E-state index in [9.17, 15) is 4.79 Å². The quantitative estimate of drug-likeness (QED) is 0.501. The molecule has 1 saturated heterocycles. The van der Waals surface area contributed by atoms with Crippen LogP contribution in [-0.4, -0.2) is 33.8 Å². The molecule has 0 spiro atoms. The molecule has 2 aromatic carbocycles. The van der Waals surface area contributed by atoms with Gasteiger partial charge in [0.1, 0.15) is 11.4 Å². The van der Waals surface area contributed by atoms with E-state index in [1.54, 1.807) is 16.8 Å². The molecule has 1 N–H and O–H groups in total. The lowest BCUT2D eigenvalue weighted by atomic mass is 9.88. The largest absolute Gasteiger partial charge is 0.482 e. The molecule has 1 fully saturated rings. The number of nitrogens with zero attached hydrogens (tertiary/aromatic N) is 3. The fourth-order valence-electron chi connectivity index (χ4n) is 4.66. The minimum Gasteiger partial charge on any atom is -0.482 e. The number of hydrogen-bond acceptors (Lipinski definition) is 4. The molecule has 0 aliphatic carbocycles. The maximum atomic E-state index is 13.5. The predicted molar refractivity (Wildman–Crippen MR) is 130 cm³/mol. The lowest BCUT2D eigenvalue weighted by Crippen LogP contribution is -2.46. The molecule has 0 saturated carbocycles. The van der Waals surface area contributed by atoms with Gasteiger partial charge in [-0.05, 0) is 69.5 Å². The van der Waals surface area contributed by atoms with Crippen molar-refractivity contribution in [2.24, 2.45) is 0 Å². The van der Waals surface area contributed by atoms with E-state index in [4.69, 9.17) is 33.0 Å². The van der Waals surface area contributed by atoms with Crippen molar-refractivity contribution < 1.29 is 9.53 Å². The third kappa shape index (κ3) is 4.01. The van der Waals surface area contributed by atoms with E-state index in [2.05, 4.69) is 5.43 Å². The lowest BCUT2D eigenvalue weighted by Gasteiger charge is -2.34. The van der Waals surface area contributed by atoms with Gasteiger partial charge in [0.15, 0.2) is 5.69 Å². The number of amides is 1. The average molecular weight is 485 g/mol. The van der Waals surface area contributed by atoms with Crippen LogP contribution in [0.15, 0.2) is 36.4 Å². The van der Waals surface area contributed by atoms with Gasteiger partial charge in [-0.2, -0.15) is 5.10 Å². The van der Waals surface area contributed by atoms with Crippen LogP contribution in [-0.2, 0) is 5.60 Å². The summed E-state index contributed by atoms with van der Waals surface area (Å²) in [5, 5.41) is 7.77. The molecule has 172 valence electrons. The Hall–Kier alpha value is -2.54. The van der Waals surface area contributed by atoms with E-state index in [0.29, 0.717) is 21.4 Å². The highest BCUT2D eigenvalue weighted by atomic mass is 35.5. The second kappa shape index (κ2) is 8.35. The number of ether oxygens (including phenoxy) is 1. The first-order valence-corrected chi connectivity index (χ1v) is 11.9. The van der Waals surface area contributed by atoms with Gasteiger partial charge in [0, 0.05) is 23.7 Å². The molecule has 3 aromatic rings. The van der Waals surface area contributed by atoms with Crippen LogP contribution in [0.25, 0.3) is 16.9 Å². The number of hydrogen-bond donors (Lipinski definition) is 1. The van der Waals surface area contributed by atoms with Gasteiger partial charge in [-0.3, -0.25) is 10.2 Å². The molecule has 3 heterocycles. The van der Waals surface area contributed by atoms with Crippen molar-refractivity contribution in [3.8, 4) is 22.7 Å². The Morgan fingerprint density at radius 1 is 1.09 bits per heavy atom. The molecule has 2 aliphatic rings. The molecule has 1 aromatic heterocycles. The summed E-state index contributed by atoms with van der Waals surface area (Å²) in [4.78, 5) is 13.5. The van der Waals surface area contributed by atoms with Crippen LogP contribution in [0.3, 0.4) is 0 Å². The zero-order chi connectivity index (χ0) is 23.3. The monoisotopic (exact) mass is 484 g/mol. The number of hydrazine groups is 1. The molecule has 0 radical (unpaired) electrons. The lowest BCUT2D eigenvalue weighted by molar-refractivity contribution is 0.0720. The molecule has 8 heteroatoms. The SMILES string of the molecule is Cc1ccc2c(c1)OC(C)(C)c1c(C(=O)NN3CCCCC3)nn(-c3ccc(Cl)cc3Cl)c1-2. The van der Waals surface area contributed by atoms with Gasteiger partial charge in [0.05, 0.1) is 22.0 Å². The number of aryl methyl sites for hydroxylation is 1. The Morgan fingerprint density at radius 3 is 2.58 bits per heavy atom. The molecule has 0 atom stereocenters. The van der Waals surface area contributed by atoms with Crippen molar-refractivity contribution in [3.05, 3.63) is 63.3 Å². The maximum Gasteiger partial charge on any atom is 0.286 e. The van der Waals surface area contributed by atoms with E-state index in [0.717, 1.165) is 54.1 Å². The Bertz CT molecular complexity index is 1250. The minimum absolute atomic E-state index is 0.246. The molecular formula is C25H26Cl2N4O2. The fourth-order valence-corrected chi connectivity index (χ4v) is 5.15. The molecular weight excluding hydrogens is 459 g/mol. The normalized spacial score (nSPS) is 17.1. The van der Waals surface area contributed by atoms with Crippen molar-refractivity contribution in [2.75, 3.05) is 13.1 Å². The Labute approximate surface area is 203 Å². The molecule has 5 rings (SSSR count). The summed E-state index contributed by atoms with van der Waals surface area (Å²) in [7, 11) is 0. The van der Waals surface area contributed by atoms with Crippen molar-refractivity contribution in [1.82, 2.24) is 20.2 Å². The van der Waals surface area contributed by atoms with Crippen LogP contribution in [0.5, 0.6) is 5.75 Å². The van der Waals surface area contributed by atoms with Crippen molar-refractivity contribution in [1.29, 1.82) is 0 Å². The third-order valence-electron chi connectivity index (χ3n) is 6.21. The number of rotatable bonds is 3. The third-order valence-corrected chi connectivity index (χ3v) is 6.75. The number of fused-ring (bicyclic) bond motifs is 3. The summed E-state index contributed by atoms with van der Waals surface area (Å²) in [6, 6.07) is 11.3. The van der Waals surface area contributed by atoms with Crippen molar-refractivity contribution in [2.45, 2.75) is 45.6 Å². The van der Waals surface area contributed by atoms with Crippen LogP contribution in [0.4, 0.5) is 0 Å². The van der Waals surface area contributed by atoms with Crippen LogP contribution in [0.2, 0.25) is 10.0 Å². The first-order valence-electron chi connectivity index (χ1n) is 11.2. The van der Waals surface area contributed by atoms with Gasteiger partial charge < -0.3 is 4.74 Å². The minimum atomic E-state index is -0.776. The summed E-state index contributed by atoms with van der Waals surface area (Å²) < 4.78 is 8.15. The second-order valence-electron chi connectivity index (χ2n) is 9.18. The fraction of sp³-hybridized carbons (Fsp3) is 0.360. The number of carbonyl (C=O) groups is 1. The van der Waals surface area contributed by atoms with Crippen LogP contribution >= 0.6 is 23.2 Å². The summed E-state index contributed by atoms with van der Waals surface area (Å²) in [5.41, 5.74) is 6.75. The zero-order valence-electron chi connectivity index (χ0n) is 18.9. The van der Waals surface area contributed by atoms with E-state index in [1.165, 1.54) is 6.42 Å². The number of carbonyl (C=O) groups excluding carboxylic acids is 1. The van der Waals surface area contributed by atoms with Crippen LogP contribution in [0.1, 0.15) is 54.7 Å². The number of nitrogens with one attached hydrogen (secondary N) is 1. The van der Waals surface area contributed by atoms with E-state index in [-0.39, 0.29) is 5.91 Å². The van der Waals surface area contributed by atoms with Crippen molar-refractivity contribution >= 4 is 29.1 Å². The Morgan fingerprint density at radius 2 is 1.85 bits per heavy atom. The predicted octanol–water partition coefficient (Wildman–Crippen LogP) is 5.91. The van der Waals surface area contributed by atoms with Gasteiger partial charge in [-0.15, -0.1) is 0 Å². The average Bonchev–Trinajstić information content (AvgIpc) is 3.16. The first-order chi connectivity index (χ1) is 15.7. The van der Waals surface area contributed by atoms with Crippen molar-refractivity contribution in [3.63, 3.8) is 0 Å². The maximum absolute atomic E-state index is 13.5. The van der Waals surface area contributed by atoms with Gasteiger partial charge >= 0.3 is 0 Å². The summed E-state index contributed by atoms with van der Waals surface area (Å²) in [6.07, 6.45) is 3.31. The van der Waals surface area contributed by atoms with E-state index in [1.807, 2.05) is 50.0 Å². The molecule has 6 nitrogen and oxygen atoms in total. The highest BCUT2D eigenvalue weighted by Gasteiger charge is 2.41. The van der Waals surface area contributed by atoms with Gasteiger partial charge in [0.2, 0.25) is 0 Å². The number of aromatic nitrogens is 2. The molecule has 1 amide bonds. The number of piperidine rings is 1. The summed E-state index contributed by atoms with van der Waals surface area (Å²) in [5.74, 6) is 0.506. The first kappa shape index (κ1) is 22.3. The topological polar surface area (TPSA) is 59.4 Å². The summed E-state index contributed by atoms with van der Waals surface area (Å²) >= 11 is 12.7. The van der Waals surface area contributed by atoms with Gasteiger partial charge in [0.25, 0.3) is 5.91 Å². The molecule has 0 unspecified atom stereocenters. The van der Waals surface area contributed by atoms with Crippen LogP contribution < -0.4 is 10.2 Å². The zero-order valence-corrected chi connectivity index (χ0v) is 20.4. The smallest absolute Gasteiger partial charge is 0.286 e. The number of benzene rings is 2. The molecule has 2 aliphatic heterocycles.